The number of carbonyl (C=O) groups is 1. The number of halogens is 2. The highest BCUT2D eigenvalue weighted by Crippen LogP contribution is 2.23. The molecule has 11 nitrogen and oxygen atoms in total. The predicted molar refractivity (Wildman–Crippen MR) is 114 cm³/mol. The molecule has 14 heteroatoms. The number of anilines is 1. The fourth-order valence-electron chi connectivity index (χ4n) is 1.98. The lowest BCUT2D eigenvalue weighted by Gasteiger charge is -2.11. The van der Waals surface area contributed by atoms with Crippen LogP contribution in [0.1, 0.15) is 19.5 Å². The number of nitrogens with one attached hydrogen (secondary N) is 2. The van der Waals surface area contributed by atoms with E-state index in [0.29, 0.717) is 5.69 Å². The van der Waals surface area contributed by atoms with Crippen LogP contribution in [0.5, 0.6) is 0 Å². The summed E-state index contributed by atoms with van der Waals surface area (Å²) in [6, 6.07) is 4.03. The Morgan fingerprint density at radius 3 is 2.84 bits per heavy atom. The zero-order valence-electron chi connectivity index (χ0n) is 16.8. The molecule has 2 rings (SSSR count). The summed E-state index contributed by atoms with van der Waals surface area (Å²) in [5.74, 6) is -1.32. The minimum Gasteiger partial charge on any atom is -0.364 e. The number of rotatable bonds is 7. The van der Waals surface area contributed by atoms with Gasteiger partial charge in [0.2, 0.25) is 12.0 Å². The van der Waals surface area contributed by atoms with Crippen molar-refractivity contribution in [2.75, 3.05) is 23.9 Å². The van der Waals surface area contributed by atoms with Crippen LogP contribution in [-0.2, 0) is 19.4 Å². The van der Waals surface area contributed by atoms with Gasteiger partial charge in [0.25, 0.3) is 0 Å². The molecule has 0 amide bonds. The van der Waals surface area contributed by atoms with Crippen LogP contribution in [0, 0.1) is 23.2 Å². The van der Waals surface area contributed by atoms with Gasteiger partial charge in [0.15, 0.2) is 11.5 Å². The molecule has 0 radical (unpaired) electrons. The van der Waals surface area contributed by atoms with E-state index in [1.807, 2.05) is 0 Å². The molecule has 1 heterocycles. The molecule has 0 saturated carbocycles. The molecule has 0 spiro atoms. The normalized spacial score (nSPS) is 13.3. The van der Waals surface area contributed by atoms with E-state index in [-0.39, 0.29) is 34.1 Å². The van der Waals surface area contributed by atoms with E-state index in [4.69, 9.17) is 14.7 Å². The number of hydroxylamine groups is 1. The van der Waals surface area contributed by atoms with Crippen LogP contribution in [-0.4, -0.2) is 44.9 Å². The maximum atomic E-state index is 13.5. The quantitative estimate of drug-likeness (QED) is 0.245. The van der Waals surface area contributed by atoms with Gasteiger partial charge in [-0.15, -0.1) is 4.36 Å². The molecule has 0 aliphatic rings. The van der Waals surface area contributed by atoms with Crippen molar-refractivity contribution < 1.29 is 22.9 Å². The van der Waals surface area contributed by atoms with Gasteiger partial charge < -0.3 is 10.2 Å². The summed E-state index contributed by atoms with van der Waals surface area (Å²) >= 11 is 3.08. The summed E-state index contributed by atoms with van der Waals surface area (Å²) in [6.07, 6.45) is 2.87. The van der Waals surface area contributed by atoms with Crippen LogP contribution in [0.2, 0.25) is 0 Å². The number of benzene rings is 1. The van der Waals surface area contributed by atoms with Crippen molar-refractivity contribution in [3.63, 3.8) is 0 Å². The third-order valence-corrected chi connectivity index (χ3v) is 5.62. The average Bonchev–Trinajstić information content (AvgIpc) is 3.15. The van der Waals surface area contributed by atoms with Crippen molar-refractivity contribution in [2.24, 2.45) is 15.3 Å². The van der Waals surface area contributed by atoms with E-state index >= 15 is 0 Å². The summed E-state index contributed by atoms with van der Waals surface area (Å²) in [7, 11) is -2.69. The van der Waals surface area contributed by atoms with Crippen molar-refractivity contribution in [3.05, 3.63) is 34.2 Å². The Morgan fingerprint density at radius 1 is 1.45 bits per heavy atom. The molecule has 1 atom stereocenters. The predicted octanol–water partition coefficient (Wildman–Crippen LogP) is 2.74. The number of nitriles is 1. The van der Waals surface area contributed by atoms with Crippen LogP contribution in [0.4, 0.5) is 15.9 Å². The molecule has 0 aliphatic heterocycles. The molecule has 0 aliphatic carbocycles. The van der Waals surface area contributed by atoms with Gasteiger partial charge in [-0.2, -0.15) is 10.7 Å². The first-order valence-corrected chi connectivity index (χ1v) is 11.7. The number of aliphatic imine (C=N–C) groups is 1. The summed E-state index contributed by atoms with van der Waals surface area (Å²) < 4.78 is 33.9. The van der Waals surface area contributed by atoms with Gasteiger partial charge in [0, 0.05) is 18.6 Å². The van der Waals surface area contributed by atoms with Gasteiger partial charge in [-0.3, -0.25) is 0 Å². The SMILES string of the molecule is CC(C)C(=O)ONC(=Nc1ccc(F)c(Br)c1)c1nonc1NCCS(C)(=O)=NC#N. The van der Waals surface area contributed by atoms with E-state index in [1.165, 1.54) is 30.6 Å². The van der Waals surface area contributed by atoms with Crippen LogP contribution in [0.15, 0.2) is 36.7 Å². The van der Waals surface area contributed by atoms with E-state index in [1.54, 1.807) is 13.8 Å². The summed E-state index contributed by atoms with van der Waals surface area (Å²) in [4.78, 5) is 21.2. The number of hydrogen-bond donors (Lipinski definition) is 2. The smallest absolute Gasteiger partial charge is 0.334 e. The molecule has 2 N–H and O–H groups in total. The maximum absolute atomic E-state index is 13.5. The molecular weight excluding hydrogens is 497 g/mol. The second kappa shape index (κ2) is 10.8. The fraction of sp³-hybridized carbons (Fsp3) is 0.353. The largest absolute Gasteiger partial charge is 0.364 e. The lowest BCUT2D eigenvalue weighted by Crippen LogP contribution is -2.30. The number of amidine groups is 1. The first-order valence-electron chi connectivity index (χ1n) is 8.78. The van der Waals surface area contributed by atoms with E-state index in [2.05, 4.69) is 46.4 Å². The molecular formula is C17H19BrFN7O4S. The van der Waals surface area contributed by atoms with Crippen molar-refractivity contribution >= 4 is 49.0 Å². The Bertz CT molecular complexity index is 1140. The standard InChI is InChI=1S/C17H19BrFN7O4S/c1-10(2)17(27)29-25-16(23-11-4-5-13(19)12(18)8-11)14-15(26-30-24-14)21-6-7-31(3,28)22-9-20/h4-5,8,10H,6-7H2,1-3H3,(H,21,26)(H,23,25). The minimum atomic E-state index is -2.69. The lowest BCUT2D eigenvalue weighted by atomic mass is 10.2. The molecule has 1 aromatic heterocycles. The number of carbonyl (C=O) groups excluding carboxylic acids is 1. The van der Waals surface area contributed by atoms with Crippen LogP contribution in [0.3, 0.4) is 0 Å². The maximum Gasteiger partial charge on any atom is 0.334 e. The number of nitrogens with zero attached hydrogens (tertiary/aromatic N) is 5. The zero-order valence-corrected chi connectivity index (χ0v) is 19.2. The van der Waals surface area contributed by atoms with E-state index in [0.717, 1.165) is 0 Å². The monoisotopic (exact) mass is 515 g/mol. The van der Waals surface area contributed by atoms with E-state index < -0.39 is 27.4 Å². The molecule has 1 unspecified atom stereocenters. The van der Waals surface area contributed by atoms with Gasteiger partial charge in [-0.25, -0.2) is 23.0 Å². The molecule has 0 bridgehead atoms. The Labute approximate surface area is 186 Å². The van der Waals surface area contributed by atoms with Gasteiger partial charge in [-0.1, -0.05) is 13.8 Å². The molecule has 1 aromatic carbocycles. The van der Waals surface area contributed by atoms with Crippen LogP contribution < -0.4 is 10.8 Å². The average molecular weight is 516 g/mol. The first-order chi connectivity index (χ1) is 14.6. The Kier molecular flexibility index (Phi) is 8.46. The summed E-state index contributed by atoms with van der Waals surface area (Å²) in [6.45, 7) is 3.43. The third kappa shape index (κ3) is 7.30. The lowest BCUT2D eigenvalue weighted by molar-refractivity contribution is -0.151. The number of hydrogen-bond acceptors (Lipinski definition) is 10. The van der Waals surface area contributed by atoms with Gasteiger partial charge in [-0.05, 0) is 44.4 Å². The van der Waals surface area contributed by atoms with Gasteiger partial charge >= 0.3 is 5.97 Å². The Morgan fingerprint density at radius 2 is 2.19 bits per heavy atom. The number of aromatic nitrogens is 2. The second-order valence-corrected chi connectivity index (χ2v) is 9.84. The Balaban J connectivity index is 2.31. The van der Waals surface area contributed by atoms with Crippen LogP contribution in [0.25, 0.3) is 0 Å². The molecule has 0 fully saturated rings. The third-order valence-electron chi connectivity index (χ3n) is 3.58. The first kappa shape index (κ1) is 24.2. The van der Waals surface area contributed by atoms with Crippen molar-refractivity contribution in [2.45, 2.75) is 13.8 Å². The van der Waals surface area contributed by atoms with Crippen molar-refractivity contribution in [1.29, 1.82) is 5.26 Å². The van der Waals surface area contributed by atoms with Gasteiger partial charge in [0.05, 0.1) is 25.8 Å². The zero-order chi connectivity index (χ0) is 23.0. The Hall–Kier alpha value is -3.05. The second-order valence-electron chi connectivity index (χ2n) is 6.48. The summed E-state index contributed by atoms with van der Waals surface area (Å²) in [5, 5.41) is 18.9. The topological polar surface area (TPSA) is 155 Å². The van der Waals surface area contributed by atoms with E-state index in [9.17, 15) is 13.4 Å². The minimum absolute atomic E-state index is 0.0461. The highest BCUT2D eigenvalue weighted by molar-refractivity contribution is 9.10. The highest BCUT2D eigenvalue weighted by atomic mass is 79.9. The van der Waals surface area contributed by atoms with Gasteiger partial charge in [0.1, 0.15) is 5.82 Å². The highest BCUT2D eigenvalue weighted by Gasteiger charge is 2.20. The molecule has 0 saturated heterocycles. The van der Waals surface area contributed by atoms with Crippen molar-refractivity contribution in [1.82, 2.24) is 15.8 Å². The van der Waals surface area contributed by atoms with Crippen molar-refractivity contribution in [3.8, 4) is 6.19 Å². The van der Waals surface area contributed by atoms with Crippen LogP contribution >= 0.6 is 15.9 Å². The fourth-order valence-corrected chi connectivity index (χ4v) is 3.09. The molecule has 166 valence electrons. The molecule has 2 aromatic rings. The summed E-state index contributed by atoms with van der Waals surface area (Å²) in [5.41, 5.74) is 2.79. The molecule has 31 heavy (non-hydrogen) atoms.